The van der Waals surface area contributed by atoms with Crippen LogP contribution in [0.5, 0.6) is 5.75 Å². The molecular formula is C12H16FNO3. The minimum Gasteiger partial charge on any atom is -0.494 e. The number of hydrogen-bond acceptors (Lipinski definition) is 4. The van der Waals surface area contributed by atoms with Gasteiger partial charge in [-0.15, -0.1) is 0 Å². The van der Waals surface area contributed by atoms with Gasteiger partial charge >= 0.3 is 5.97 Å². The van der Waals surface area contributed by atoms with Crippen molar-refractivity contribution in [3.63, 3.8) is 0 Å². The molecule has 0 heterocycles. The molecule has 1 atom stereocenters. The first kappa shape index (κ1) is 13.4. The molecule has 0 saturated heterocycles. The molecule has 0 spiro atoms. The van der Waals surface area contributed by atoms with Crippen LogP contribution in [0.4, 0.5) is 4.39 Å². The summed E-state index contributed by atoms with van der Waals surface area (Å²) in [4.78, 5) is 11.1. The van der Waals surface area contributed by atoms with E-state index in [0.717, 1.165) is 5.56 Å². The van der Waals surface area contributed by atoms with Crippen molar-refractivity contribution >= 4 is 5.97 Å². The highest BCUT2D eigenvalue weighted by Crippen LogP contribution is 2.17. The summed E-state index contributed by atoms with van der Waals surface area (Å²) in [5.74, 6) is -0.564. The van der Waals surface area contributed by atoms with E-state index in [1.54, 1.807) is 19.1 Å². The highest BCUT2D eigenvalue weighted by atomic mass is 19.1. The number of nitrogens with one attached hydrogen (secondary N) is 1. The van der Waals surface area contributed by atoms with Crippen molar-refractivity contribution in [1.82, 2.24) is 5.32 Å². The molecule has 4 nitrogen and oxygen atoms in total. The van der Waals surface area contributed by atoms with Crippen molar-refractivity contribution in [2.45, 2.75) is 19.5 Å². The molecule has 0 aliphatic heterocycles. The van der Waals surface area contributed by atoms with Crippen LogP contribution in [0, 0.1) is 5.82 Å². The van der Waals surface area contributed by atoms with Crippen LogP contribution in [0.1, 0.15) is 12.5 Å². The molecule has 0 amide bonds. The molecule has 0 aliphatic rings. The molecule has 5 heteroatoms. The van der Waals surface area contributed by atoms with E-state index in [-0.39, 0.29) is 11.7 Å². The number of carbonyl (C=O) groups excluding carboxylic acids is 1. The fourth-order valence-corrected chi connectivity index (χ4v) is 1.35. The Morgan fingerprint density at radius 3 is 2.71 bits per heavy atom. The Balaban J connectivity index is 2.58. The molecule has 1 aromatic rings. The lowest BCUT2D eigenvalue weighted by Gasteiger charge is -2.11. The van der Waals surface area contributed by atoms with Crippen LogP contribution >= 0.6 is 0 Å². The van der Waals surface area contributed by atoms with Crippen molar-refractivity contribution in [3.8, 4) is 5.75 Å². The number of benzene rings is 1. The van der Waals surface area contributed by atoms with E-state index < -0.39 is 11.9 Å². The van der Waals surface area contributed by atoms with E-state index in [1.165, 1.54) is 20.3 Å². The summed E-state index contributed by atoms with van der Waals surface area (Å²) in [6.07, 6.45) is 0. The molecule has 1 rings (SSSR count). The summed E-state index contributed by atoms with van der Waals surface area (Å²) in [6, 6.07) is 4.23. The third-order valence-electron chi connectivity index (χ3n) is 2.38. The predicted octanol–water partition coefficient (Wildman–Crippen LogP) is 1.49. The highest BCUT2D eigenvalue weighted by Gasteiger charge is 2.12. The highest BCUT2D eigenvalue weighted by molar-refractivity contribution is 5.75. The lowest BCUT2D eigenvalue weighted by molar-refractivity contribution is -0.142. The molecule has 0 fully saturated rings. The molecule has 1 N–H and O–H groups in total. The van der Waals surface area contributed by atoms with Gasteiger partial charge in [-0.05, 0) is 24.6 Å². The van der Waals surface area contributed by atoms with Gasteiger partial charge in [0.25, 0.3) is 0 Å². The van der Waals surface area contributed by atoms with Gasteiger partial charge in [0.15, 0.2) is 11.6 Å². The standard InChI is InChI=1S/C12H16FNO3/c1-8(12(15)17-3)14-7-9-4-5-11(16-2)10(13)6-9/h4-6,8,14H,7H2,1-3H3/t8-/m0/s1. The van der Waals surface area contributed by atoms with Crippen LogP contribution < -0.4 is 10.1 Å². The fraction of sp³-hybridized carbons (Fsp3) is 0.417. The van der Waals surface area contributed by atoms with Gasteiger partial charge in [0, 0.05) is 6.54 Å². The maximum Gasteiger partial charge on any atom is 0.322 e. The smallest absolute Gasteiger partial charge is 0.322 e. The maximum absolute atomic E-state index is 13.4. The largest absolute Gasteiger partial charge is 0.494 e. The lowest BCUT2D eigenvalue weighted by atomic mass is 10.2. The number of hydrogen-bond donors (Lipinski definition) is 1. The molecule has 0 unspecified atom stereocenters. The van der Waals surface area contributed by atoms with Crippen molar-refractivity contribution < 1.29 is 18.7 Å². The van der Waals surface area contributed by atoms with Gasteiger partial charge in [0.05, 0.1) is 14.2 Å². The number of methoxy groups -OCH3 is 2. The molecular weight excluding hydrogens is 225 g/mol. The Morgan fingerprint density at radius 2 is 2.18 bits per heavy atom. The number of esters is 1. The van der Waals surface area contributed by atoms with Crippen LogP contribution in [-0.2, 0) is 16.1 Å². The second-order valence-corrected chi connectivity index (χ2v) is 3.59. The van der Waals surface area contributed by atoms with Crippen molar-refractivity contribution in [1.29, 1.82) is 0 Å². The maximum atomic E-state index is 13.4. The Labute approximate surface area is 99.7 Å². The quantitative estimate of drug-likeness (QED) is 0.793. The third kappa shape index (κ3) is 3.71. The van der Waals surface area contributed by atoms with Gasteiger partial charge in [-0.2, -0.15) is 0 Å². The molecule has 1 aromatic carbocycles. The summed E-state index contributed by atoms with van der Waals surface area (Å²) >= 11 is 0. The first-order chi connectivity index (χ1) is 8.08. The van der Waals surface area contributed by atoms with E-state index >= 15 is 0 Å². The summed E-state index contributed by atoms with van der Waals surface area (Å²) in [5, 5.41) is 2.93. The van der Waals surface area contributed by atoms with E-state index in [1.807, 2.05) is 0 Å². The third-order valence-corrected chi connectivity index (χ3v) is 2.38. The monoisotopic (exact) mass is 241 g/mol. The van der Waals surface area contributed by atoms with E-state index in [2.05, 4.69) is 10.1 Å². The number of carbonyl (C=O) groups is 1. The van der Waals surface area contributed by atoms with Crippen molar-refractivity contribution in [3.05, 3.63) is 29.6 Å². The summed E-state index contributed by atoms with van der Waals surface area (Å²) in [6.45, 7) is 2.07. The number of rotatable bonds is 5. The van der Waals surface area contributed by atoms with Crippen molar-refractivity contribution in [2.75, 3.05) is 14.2 Å². The minimum atomic E-state index is -0.426. The molecule has 0 aliphatic carbocycles. The van der Waals surface area contributed by atoms with Gasteiger partial charge < -0.3 is 14.8 Å². The van der Waals surface area contributed by atoms with Gasteiger partial charge in [-0.3, -0.25) is 4.79 Å². The van der Waals surface area contributed by atoms with E-state index in [9.17, 15) is 9.18 Å². The first-order valence-electron chi connectivity index (χ1n) is 5.22. The Bertz CT molecular complexity index is 395. The van der Waals surface area contributed by atoms with Crippen LogP contribution in [0.25, 0.3) is 0 Å². The lowest BCUT2D eigenvalue weighted by Crippen LogP contribution is -2.34. The second-order valence-electron chi connectivity index (χ2n) is 3.59. The molecule has 0 aromatic heterocycles. The molecule has 94 valence electrons. The topological polar surface area (TPSA) is 47.6 Å². The zero-order chi connectivity index (χ0) is 12.8. The van der Waals surface area contributed by atoms with Crippen LogP contribution in [-0.4, -0.2) is 26.2 Å². The first-order valence-corrected chi connectivity index (χ1v) is 5.22. The summed E-state index contributed by atoms with van der Waals surface area (Å²) in [7, 11) is 2.74. The molecule has 17 heavy (non-hydrogen) atoms. The Morgan fingerprint density at radius 1 is 1.47 bits per heavy atom. The fourth-order valence-electron chi connectivity index (χ4n) is 1.35. The normalized spacial score (nSPS) is 12.0. The predicted molar refractivity (Wildman–Crippen MR) is 61.3 cm³/mol. The van der Waals surface area contributed by atoms with E-state index in [0.29, 0.717) is 6.54 Å². The van der Waals surface area contributed by atoms with E-state index in [4.69, 9.17) is 4.74 Å². The van der Waals surface area contributed by atoms with Crippen LogP contribution in [0.2, 0.25) is 0 Å². The summed E-state index contributed by atoms with van der Waals surface area (Å²) in [5.41, 5.74) is 0.735. The average Bonchev–Trinajstić information content (AvgIpc) is 2.35. The zero-order valence-corrected chi connectivity index (χ0v) is 10.1. The SMILES string of the molecule is COC(=O)[C@H](C)NCc1ccc(OC)c(F)c1. The average molecular weight is 241 g/mol. The van der Waals surface area contributed by atoms with Gasteiger partial charge in [-0.25, -0.2) is 4.39 Å². The van der Waals surface area contributed by atoms with Gasteiger partial charge in [0.2, 0.25) is 0 Å². The molecule has 0 saturated carbocycles. The van der Waals surface area contributed by atoms with Crippen LogP contribution in [0.3, 0.4) is 0 Å². The minimum absolute atomic E-state index is 0.203. The zero-order valence-electron chi connectivity index (χ0n) is 10.1. The van der Waals surface area contributed by atoms with Gasteiger partial charge in [-0.1, -0.05) is 6.07 Å². The number of halogens is 1. The summed E-state index contributed by atoms with van der Waals surface area (Å²) < 4.78 is 22.7. The van der Waals surface area contributed by atoms with Crippen molar-refractivity contribution in [2.24, 2.45) is 0 Å². The van der Waals surface area contributed by atoms with Crippen LogP contribution in [0.15, 0.2) is 18.2 Å². The molecule has 0 bridgehead atoms. The Hall–Kier alpha value is -1.62. The number of ether oxygens (including phenoxy) is 2. The molecule has 0 radical (unpaired) electrons. The second kappa shape index (κ2) is 6.20. The Kier molecular flexibility index (Phi) is 4.90. The van der Waals surface area contributed by atoms with Gasteiger partial charge in [0.1, 0.15) is 6.04 Å².